The number of aromatic carboxylic acids is 1. The van der Waals surface area contributed by atoms with Gasteiger partial charge in [-0.25, -0.2) is 4.79 Å². The number of hydrogen-bond acceptors (Lipinski definition) is 5. The van der Waals surface area contributed by atoms with E-state index in [-0.39, 0.29) is 23.3 Å². The number of piperidine rings is 1. The van der Waals surface area contributed by atoms with Gasteiger partial charge < -0.3 is 20.5 Å². The van der Waals surface area contributed by atoms with Crippen molar-refractivity contribution in [3.8, 4) is 5.75 Å². The Morgan fingerprint density at radius 2 is 2.24 bits per heavy atom. The first kappa shape index (κ1) is 15.3. The molecule has 7 nitrogen and oxygen atoms in total. The van der Waals surface area contributed by atoms with E-state index >= 15 is 0 Å². The molecule has 0 saturated carbocycles. The van der Waals surface area contributed by atoms with E-state index in [0.29, 0.717) is 25.3 Å². The number of carbonyl (C=O) groups is 3. The SMILES string of the molecule is NC(=O)C1CCCN(C(=O)COc2csc(C(=O)O)c2)C1. The number of amides is 2. The lowest BCUT2D eigenvalue weighted by molar-refractivity contribution is -0.136. The summed E-state index contributed by atoms with van der Waals surface area (Å²) in [5.74, 6) is -1.60. The molecule has 1 unspecified atom stereocenters. The molecule has 2 rings (SSSR count). The first-order valence-corrected chi connectivity index (χ1v) is 7.37. The summed E-state index contributed by atoms with van der Waals surface area (Å²) in [5.41, 5.74) is 5.26. The average Bonchev–Trinajstić information content (AvgIpc) is 2.94. The molecule has 0 bridgehead atoms. The highest BCUT2D eigenvalue weighted by molar-refractivity contribution is 7.12. The fraction of sp³-hybridized carbons (Fsp3) is 0.462. The molecule has 1 aliphatic rings. The molecule has 114 valence electrons. The van der Waals surface area contributed by atoms with E-state index in [1.165, 1.54) is 6.07 Å². The number of carboxylic acid groups (broad SMARTS) is 1. The van der Waals surface area contributed by atoms with Crippen LogP contribution in [0.5, 0.6) is 5.75 Å². The summed E-state index contributed by atoms with van der Waals surface area (Å²) >= 11 is 1.04. The molecule has 8 heteroatoms. The number of likely N-dealkylation sites (tertiary alicyclic amines) is 1. The fourth-order valence-corrected chi connectivity index (χ4v) is 2.84. The first-order valence-electron chi connectivity index (χ1n) is 6.49. The van der Waals surface area contributed by atoms with Crippen molar-refractivity contribution in [1.82, 2.24) is 4.90 Å². The number of primary amides is 1. The van der Waals surface area contributed by atoms with E-state index < -0.39 is 11.9 Å². The molecule has 0 spiro atoms. The van der Waals surface area contributed by atoms with Gasteiger partial charge in [-0.1, -0.05) is 0 Å². The van der Waals surface area contributed by atoms with Crippen LogP contribution in [0.3, 0.4) is 0 Å². The smallest absolute Gasteiger partial charge is 0.346 e. The van der Waals surface area contributed by atoms with Gasteiger partial charge in [0.05, 0.1) is 5.92 Å². The van der Waals surface area contributed by atoms with Crippen molar-refractivity contribution < 1.29 is 24.2 Å². The summed E-state index contributed by atoms with van der Waals surface area (Å²) < 4.78 is 5.29. The molecule has 2 heterocycles. The number of nitrogens with zero attached hydrogens (tertiary/aromatic N) is 1. The minimum absolute atomic E-state index is 0.157. The third-order valence-electron chi connectivity index (χ3n) is 3.32. The molecule has 0 radical (unpaired) electrons. The third kappa shape index (κ3) is 3.94. The largest absolute Gasteiger partial charge is 0.483 e. The molecule has 1 aliphatic heterocycles. The molecule has 0 aliphatic carbocycles. The molecule has 1 aromatic rings. The van der Waals surface area contributed by atoms with Crippen molar-refractivity contribution in [3.63, 3.8) is 0 Å². The van der Waals surface area contributed by atoms with Crippen LogP contribution < -0.4 is 10.5 Å². The van der Waals surface area contributed by atoms with E-state index in [0.717, 1.165) is 17.8 Å². The van der Waals surface area contributed by atoms with Crippen molar-refractivity contribution in [2.24, 2.45) is 11.7 Å². The number of carbonyl (C=O) groups excluding carboxylic acids is 2. The van der Waals surface area contributed by atoms with Crippen molar-refractivity contribution in [1.29, 1.82) is 0 Å². The monoisotopic (exact) mass is 312 g/mol. The lowest BCUT2D eigenvalue weighted by Gasteiger charge is -2.31. The second-order valence-electron chi connectivity index (χ2n) is 4.82. The highest BCUT2D eigenvalue weighted by Crippen LogP contribution is 2.22. The molecule has 0 aromatic carbocycles. The molecule has 1 aromatic heterocycles. The standard InChI is InChI=1S/C13H16N2O5S/c14-12(17)8-2-1-3-15(5-8)11(16)6-20-9-4-10(13(18)19)21-7-9/h4,7-8H,1-3,5-6H2,(H2,14,17)(H,18,19). The molecule has 1 fully saturated rings. The van der Waals surface area contributed by atoms with Crippen LogP contribution in [0.2, 0.25) is 0 Å². The van der Waals surface area contributed by atoms with Gasteiger partial charge in [0.2, 0.25) is 5.91 Å². The van der Waals surface area contributed by atoms with Gasteiger partial charge in [-0.3, -0.25) is 9.59 Å². The predicted molar refractivity (Wildman–Crippen MR) is 75.3 cm³/mol. The van der Waals surface area contributed by atoms with Crippen molar-refractivity contribution >= 4 is 29.1 Å². The summed E-state index contributed by atoms with van der Waals surface area (Å²) in [4.78, 5) is 35.6. The lowest BCUT2D eigenvalue weighted by Crippen LogP contribution is -2.45. The van der Waals surface area contributed by atoms with E-state index in [9.17, 15) is 14.4 Å². The van der Waals surface area contributed by atoms with Gasteiger partial charge >= 0.3 is 5.97 Å². The second-order valence-corrected chi connectivity index (χ2v) is 5.73. The summed E-state index contributed by atoms with van der Waals surface area (Å²) in [6.07, 6.45) is 1.44. The summed E-state index contributed by atoms with van der Waals surface area (Å²) in [7, 11) is 0. The molecule has 3 N–H and O–H groups in total. The van der Waals surface area contributed by atoms with Gasteiger partial charge in [0.15, 0.2) is 6.61 Å². The summed E-state index contributed by atoms with van der Waals surface area (Å²) in [5, 5.41) is 10.3. The van der Waals surface area contributed by atoms with Gasteiger partial charge in [-0.05, 0) is 12.8 Å². The van der Waals surface area contributed by atoms with Crippen LogP contribution in [0.15, 0.2) is 11.4 Å². The Balaban J connectivity index is 1.86. The Labute approximate surface area is 125 Å². The van der Waals surface area contributed by atoms with Gasteiger partial charge in [0.1, 0.15) is 10.6 Å². The zero-order valence-corrected chi connectivity index (χ0v) is 12.1. The molecular formula is C13H16N2O5S. The van der Waals surface area contributed by atoms with E-state index in [1.54, 1.807) is 10.3 Å². The molecule has 21 heavy (non-hydrogen) atoms. The maximum Gasteiger partial charge on any atom is 0.346 e. The second kappa shape index (κ2) is 6.57. The number of hydrogen-bond donors (Lipinski definition) is 2. The topological polar surface area (TPSA) is 110 Å². The van der Waals surface area contributed by atoms with E-state index in [1.807, 2.05) is 0 Å². The van der Waals surface area contributed by atoms with E-state index in [2.05, 4.69) is 0 Å². The minimum atomic E-state index is -1.03. The lowest BCUT2D eigenvalue weighted by atomic mass is 9.97. The van der Waals surface area contributed by atoms with Crippen LogP contribution in [-0.2, 0) is 9.59 Å². The number of thiophene rings is 1. The van der Waals surface area contributed by atoms with Crippen molar-refractivity contribution in [2.45, 2.75) is 12.8 Å². The Morgan fingerprint density at radius 1 is 1.48 bits per heavy atom. The fourth-order valence-electron chi connectivity index (χ4n) is 2.18. The van der Waals surface area contributed by atoms with Crippen LogP contribution >= 0.6 is 11.3 Å². The Bertz CT molecular complexity index is 557. The Hall–Kier alpha value is -2.09. The van der Waals surface area contributed by atoms with Crippen LogP contribution in [0.4, 0.5) is 0 Å². The summed E-state index contributed by atoms with van der Waals surface area (Å²) in [6, 6.07) is 1.38. The highest BCUT2D eigenvalue weighted by atomic mass is 32.1. The first-order chi connectivity index (χ1) is 9.97. The van der Waals surface area contributed by atoms with Gasteiger partial charge in [-0.15, -0.1) is 11.3 Å². The van der Waals surface area contributed by atoms with Crippen LogP contribution in [-0.4, -0.2) is 47.5 Å². The van der Waals surface area contributed by atoms with Crippen molar-refractivity contribution in [2.75, 3.05) is 19.7 Å². The van der Waals surface area contributed by atoms with E-state index in [4.69, 9.17) is 15.6 Å². The number of carboxylic acids is 1. The number of nitrogens with two attached hydrogens (primary N) is 1. The Morgan fingerprint density at radius 3 is 2.86 bits per heavy atom. The van der Waals surface area contributed by atoms with Gasteiger partial charge in [-0.2, -0.15) is 0 Å². The quantitative estimate of drug-likeness (QED) is 0.825. The molecule has 1 atom stereocenters. The van der Waals surface area contributed by atoms with Gasteiger partial charge in [0.25, 0.3) is 5.91 Å². The summed E-state index contributed by atoms with van der Waals surface area (Å²) in [6.45, 7) is 0.721. The Kier molecular flexibility index (Phi) is 4.79. The molecule has 1 saturated heterocycles. The maximum atomic E-state index is 12.0. The number of ether oxygens (including phenoxy) is 1. The molecular weight excluding hydrogens is 296 g/mol. The van der Waals surface area contributed by atoms with Crippen molar-refractivity contribution in [3.05, 3.63) is 16.3 Å². The maximum absolute atomic E-state index is 12.0. The van der Waals surface area contributed by atoms with Crippen LogP contribution in [0.1, 0.15) is 22.5 Å². The van der Waals surface area contributed by atoms with Gasteiger partial charge in [0, 0.05) is 24.5 Å². The van der Waals surface area contributed by atoms with Crippen LogP contribution in [0, 0.1) is 5.92 Å². The minimum Gasteiger partial charge on any atom is -0.483 e. The normalized spacial score (nSPS) is 18.3. The zero-order valence-electron chi connectivity index (χ0n) is 11.3. The number of rotatable bonds is 5. The predicted octanol–water partition coefficient (Wildman–Crippen LogP) is 0.549. The average molecular weight is 312 g/mol. The highest BCUT2D eigenvalue weighted by Gasteiger charge is 2.27. The van der Waals surface area contributed by atoms with Crippen LogP contribution in [0.25, 0.3) is 0 Å². The third-order valence-corrected chi connectivity index (χ3v) is 4.22. The molecule has 2 amide bonds. The zero-order chi connectivity index (χ0) is 15.4.